The number of rotatable bonds is 5. The van der Waals surface area contributed by atoms with Crippen molar-refractivity contribution in [2.75, 3.05) is 20.1 Å². The van der Waals surface area contributed by atoms with Gasteiger partial charge in [0, 0.05) is 35.9 Å². The minimum absolute atomic E-state index is 0.0374. The van der Waals surface area contributed by atoms with Crippen molar-refractivity contribution in [1.29, 1.82) is 0 Å². The summed E-state index contributed by atoms with van der Waals surface area (Å²) in [5.74, 6) is 1.22. The molecule has 5 nitrogen and oxygen atoms in total. The predicted octanol–water partition coefficient (Wildman–Crippen LogP) is 3.46. The molecule has 1 aromatic heterocycles. The summed E-state index contributed by atoms with van der Waals surface area (Å²) >= 11 is 3.39. The molecule has 0 bridgehead atoms. The number of halogens is 1. The number of pyridine rings is 1. The number of hydrogen-bond donors (Lipinski definition) is 1. The first-order valence-electron chi connectivity index (χ1n) is 8.02. The second-order valence-electron chi connectivity index (χ2n) is 5.79. The van der Waals surface area contributed by atoms with Crippen LogP contribution in [0.3, 0.4) is 0 Å². The van der Waals surface area contributed by atoms with Crippen molar-refractivity contribution in [3.8, 4) is 11.6 Å². The zero-order valence-electron chi connectivity index (χ0n) is 13.5. The maximum atomic E-state index is 12.7. The second kappa shape index (κ2) is 7.77. The van der Waals surface area contributed by atoms with Crippen LogP contribution in [0.15, 0.2) is 47.1 Å². The fourth-order valence-corrected chi connectivity index (χ4v) is 3.17. The lowest BCUT2D eigenvalue weighted by molar-refractivity contribution is 0.0736. The highest BCUT2D eigenvalue weighted by molar-refractivity contribution is 9.10. The van der Waals surface area contributed by atoms with Gasteiger partial charge in [0.05, 0.1) is 5.56 Å². The molecule has 1 aliphatic rings. The summed E-state index contributed by atoms with van der Waals surface area (Å²) in [4.78, 5) is 18.8. The van der Waals surface area contributed by atoms with Gasteiger partial charge in [-0.25, -0.2) is 4.98 Å². The number of likely N-dealkylation sites (tertiary alicyclic amines) is 1. The van der Waals surface area contributed by atoms with Crippen LogP contribution in [0, 0.1) is 0 Å². The van der Waals surface area contributed by atoms with Gasteiger partial charge in [0.15, 0.2) is 0 Å². The van der Waals surface area contributed by atoms with Gasteiger partial charge in [0.25, 0.3) is 5.91 Å². The molecule has 2 heterocycles. The minimum atomic E-state index is 0.0374. The van der Waals surface area contributed by atoms with E-state index in [1.54, 1.807) is 18.3 Å². The minimum Gasteiger partial charge on any atom is -0.439 e. The molecule has 1 unspecified atom stereocenters. The van der Waals surface area contributed by atoms with E-state index in [0.29, 0.717) is 17.2 Å². The summed E-state index contributed by atoms with van der Waals surface area (Å²) in [5, 5.41) is 3.15. The Kier molecular flexibility index (Phi) is 5.48. The summed E-state index contributed by atoms with van der Waals surface area (Å²) < 4.78 is 6.68. The number of amides is 1. The molecule has 0 spiro atoms. The van der Waals surface area contributed by atoms with E-state index in [0.717, 1.165) is 30.4 Å². The van der Waals surface area contributed by atoms with Crippen molar-refractivity contribution in [2.45, 2.75) is 18.9 Å². The quantitative estimate of drug-likeness (QED) is 0.850. The fourth-order valence-electron chi connectivity index (χ4n) is 2.91. The van der Waals surface area contributed by atoms with Crippen molar-refractivity contribution in [3.63, 3.8) is 0 Å². The highest BCUT2D eigenvalue weighted by Crippen LogP contribution is 2.23. The molecule has 1 fully saturated rings. The van der Waals surface area contributed by atoms with Crippen LogP contribution in [0.25, 0.3) is 0 Å². The van der Waals surface area contributed by atoms with Gasteiger partial charge in [-0.3, -0.25) is 4.79 Å². The molecule has 1 aliphatic heterocycles. The first-order chi connectivity index (χ1) is 11.7. The first-order valence-corrected chi connectivity index (χ1v) is 8.81. The van der Waals surface area contributed by atoms with E-state index in [-0.39, 0.29) is 11.9 Å². The molecule has 1 N–H and O–H groups in total. The Hall–Kier alpha value is -1.92. The zero-order valence-corrected chi connectivity index (χ0v) is 15.1. The van der Waals surface area contributed by atoms with E-state index in [1.165, 1.54) is 0 Å². The third-order valence-electron chi connectivity index (χ3n) is 4.10. The van der Waals surface area contributed by atoms with Crippen molar-refractivity contribution in [3.05, 3.63) is 52.6 Å². The van der Waals surface area contributed by atoms with Crippen LogP contribution >= 0.6 is 15.9 Å². The second-order valence-corrected chi connectivity index (χ2v) is 6.71. The molecule has 0 radical (unpaired) electrons. The molecule has 126 valence electrons. The average Bonchev–Trinajstić information content (AvgIpc) is 3.06. The molecule has 0 saturated carbocycles. The first kappa shape index (κ1) is 16.9. The van der Waals surface area contributed by atoms with E-state index in [9.17, 15) is 4.79 Å². The lowest BCUT2D eigenvalue weighted by Crippen LogP contribution is -2.40. The number of nitrogens with zero attached hydrogens (tertiary/aromatic N) is 2. The number of ether oxygens (including phenoxy) is 1. The van der Waals surface area contributed by atoms with Crippen LogP contribution in [0.5, 0.6) is 11.6 Å². The zero-order chi connectivity index (χ0) is 16.9. The van der Waals surface area contributed by atoms with E-state index in [4.69, 9.17) is 4.74 Å². The number of benzene rings is 1. The SMILES string of the molecule is CNCC1CCCN1C(=O)c1ccc(Oc2ccc(Br)cc2)nc1. The van der Waals surface area contributed by atoms with E-state index in [1.807, 2.05) is 36.2 Å². The fraction of sp³-hybridized carbons (Fsp3) is 0.333. The number of likely N-dealkylation sites (N-methyl/N-ethyl adjacent to an activating group) is 1. The molecular weight excluding hydrogens is 370 g/mol. The monoisotopic (exact) mass is 389 g/mol. The Morgan fingerprint density at radius 2 is 2.12 bits per heavy atom. The van der Waals surface area contributed by atoms with Crippen LogP contribution in [0.1, 0.15) is 23.2 Å². The van der Waals surface area contributed by atoms with Crippen LogP contribution in [-0.4, -0.2) is 42.0 Å². The maximum absolute atomic E-state index is 12.7. The summed E-state index contributed by atoms with van der Waals surface area (Å²) in [5.41, 5.74) is 0.598. The Bertz CT molecular complexity index is 688. The normalized spacial score (nSPS) is 17.1. The Morgan fingerprint density at radius 3 is 2.79 bits per heavy atom. The van der Waals surface area contributed by atoms with Gasteiger partial charge in [-0.1, -0.05) is 15.9 Å². The van der Waals surface area contributed by atoms with Crippen LogP contribution < -0.4 is 10.1 Å². The van der Waals surface area contributed by atoms with Gasteiger partial charge in [0.1, 0.15) is 5.75 Å². The summed E-state index contributed by atoms with van der Waals surface area (Å²) in [6.45, 7) is 1.63. The summed E-state index contributed by atoms with van der Waals surface area (Å²) in [7, 11) is 1.91. The lowest BCUT2D eigenvalue weighted by Gasteiger charge is -2.24. The predicted molar refractivity (Wildman–Crippen MR) is 96.4 cm³/mol. The number of aromatic nitrogens is 1. The number of carbonyl (C=O) groups excluding carboxylic acids is 1. The van der Waals surface area contributed by atoms with Gasteiger partial charge < -0.3 is 15.0 Å². The topological polar surface area (TPSA) is 54.5 Å². The summed E-state index contributed by atoms with van der Waals surface area (Å²) in [6.07, 6.45) is 3.69. The van der Waals surface area contributed by atoms with Crippen LogP contribution in [-0.2, 0) is 0 Å². The van der Waals surface area contributed by atoms with E-state index in [2.05, 4.69) is 26.2 Å². The van der Waals surface area contributed by atoms with E-state index < -0.39 is 0 Å². The number of hydrogen-bond acceptors (Lipinski definition) is 4. The molecule has 1 saturated heterocycles. The van der Waals surface area contributed by atoms with Gasteiger partial charge in [-0.15, -0.1) is 0 Å². The molecule has 2 aromatic rings. The van der Waals surface area contributed by atoms with Crippen molar-refractivity contribution in [2.24, 2.45) is 0 Å². The van der Waals surface area contributed by atoms with Gasteiger partial charge in [0.2, 0.25) is 5.88 Å². The molecule has 1 atom stereocenters. The lowest BCUT2D eigenvalue weighted by atomic mass is 10.2. The molecular formula is C18H20BrN3O2. The van der Waals surface area contributed by atoms with Gasteiger partial charge >= 0.3 is 0 Å². The van der Waals surface area contributed by atoms with E-state index >= 15 is 0 Å². The summed E-state index contributed by atoms with van der Waals surface area (Å²) in [6, 6.07) is 11.3. The van der Waals surface area contributed by atoms with Crippen LogP contribution in [0.2, 0.25) is 0 Å². The van der Waals surface area contributed by atoms with Gasteiger partial charge in [-0.2, -0.15) is 0 Å². The average molecular weight is 390 g/mol. The Balaban J connectivity index is 1.67. The molecule has 6 heteroatoms. The molecule has 1 amide bonds. The highest BCUT2D eigenvalue weighted by atomic mass is 79.9. The number of carbonyl (C=O) groups is 1. The van der Waals surface area contributed by atoms with Gasteiger partial charge in [-0.05, 0) is 50.2 Å². The maximum Gasteiger partial charge on any atom is 0.255 e. The standard InChI is InChI=1S/C18H20BrN3O2/c1-20-12-15-3-2-10-22(15)18(23)13-4-9-17(21-11-13)24-16-7-5-14(19)6-8-16/h4-9,11,15,20H,2-3,10,12H2,1H3. The molecule has 24 heavy (non-hydrogen) atoms. The smallest absolute Gasteiger partial charge is 0.255 e. The third-order valence-corrected chi connectivity index (χ3v) is 4.63. The van der Waals surface area contributed by atoms with Crippen molar-refractivity contribution in [1.82, 2.24) is 15.2 Å². The highest BCUT2D eigenvalue weighted by Gasteiger charge is 2.28. The van der Waals surface area contributed by atoms with Crippen molar-refractivity contribution < 1.29 is 9.53 Å². The molecule has 0 aliphatic carbocycles. The Labute approximate surface area is 150 Å². The number of nitrogens with one attached hydrogen (secondary N) is 1. The Morgan fingerprint density at radius 1 is 1.33 bits per heavy atom. The third kappa shape index (κ3) is 3.94. The molecule has 1 aromatic carbocycles. The van der Waals surface area contributed by atoms with Crippen molar-refractivity contribution >= 4 is 21.8 Å². The largest absolute Gasteiger partial charge is 0.439 e. The van der Waals surface area contributed by atoms with Crippen LogP contribution in [0.4, 0.5) is 0 Å². The molecule has 3 rings (SSSR count).